The second-order valence-corrected chi connectivity index (χ2v) is 6.60. The summed E-state index contributed by atoms with van der Waals surface area (Å²) in [4.78, 5) is 2.48. The Labute approximate surface area is 122 Å². The fraction of sp³-hybridized carbons (Fsp3) is 0.647. The number of hydrogen-bond acceptors (Lipinski definition) is 3. The lowest BCUT2D eigenvalue weighted by Gasteiger charge is -2.21. The first kappa shape index (κ1) is 15.3. The van der Waals surface area contributed by atoms with E-state index in [-0.39, 0.29) is 0 Å². The highest BCUT2D eigenvalue weighted by atomic mass is 16.5. The molecule has 112 valence electrons. The van der Waals surface area contributed by atoms with Gasteiger partial charge in [-0.3, -0.25) is 4.90 Å². The topological polar surface area (TPSA) is 32.7 Å². The molecule has 0 aliphatic carbocycles. The first-order chi connectivity index (χ1) is 9.41. The molecule has 1 aromatic carbocycles. The summed E-state index contributed by atoms with van der Waals surface area (Å²) in [5, 5.41) is 9.76. The number of benzene rings is 1. The van der Waals surface area contributed by atoms with Crippen molar-refractivity contribution in [3.63, 3.8) is 0 Å². The van der Waals surface area contributed by atoms with Crippen LogP contribution in [0.4, 0.5) is 0 Å². The summed E-state index contributed by atoms with van der Waals surface area (Å²) in [5.41, 5.74) is 2.55. The van der Waals surface area contributed by atoms with Gasteiger partial charge < -0.3 is 9.84 Å². The van der Waals surface area contributed by atoms with Gasteiger partial charge in [-0.25, -0.2) is 0 Å². The Bertz CT molecular complexity index is 454. The Kier molecular flexibility index (Phi) is 4.71. The van der Waals surface area contributed by atoms with Gasteiger partial charge in [0.15, 0.2) is 0 Å². The lowest BCUT2D eigenvalue weighted by atomic mass is 9.93. The normalized spacial score (nSPS) is 20.1. The standard InChI is InChI=1S/C17H27NO2/c1-5-20-16-7-6-14(13(2)19)10-15(16)11-18-9-8-17(3,4)12-18/h6-7,10,13,19H,5,8-9,11-12H2,1-4H3. The number of hydrogen-bond donors (Lipinski definition) is 1. The quantitative estimate of drug-likeness (QED) is 0.895. The van der Waals surface area contributed by atoms with Crippen LogP contribution >= 0.6 is 0 Å². The minimum Gasteiger partial charge on any atom is -0.494 e. The van der Waals surface area contributed by atoms with Crippen molar-refractivity contribution in [2.75, 3.05) is 19.7 Å². The van der Waals surface area contributed by atoms with Crippen LogP contribution in [0.1, 0.15) is 51.3 Å². The second-order valence-electron chi connectivity index (χ2n) is 6.60. The van der Waals surface area contributed by atoms with Crippen molar-refractivity contribution in [3.8, 4) is 5.75 Å². The van der Waals surface area contributed by atoms with Crippen LogP contribution in [-0.4, -0.2) is 29.7 Å². The molecule has 2 rings (SSSR count). The Morgan fingerprint density at radius 3 is 2.70 bits per heavy atom. The van der Waals surface area contributed by atoms with Crippen LogP contribution in [0.2, 0.25) is 0 Å². The fourth-order valence-electron chi connectivity index (χ4n) is 2.88. The number of ether oxygens (including phenoxy) is 1. The van der Waals surface area contributed by atoms with Gasteiger partial charge in [-0.15, -0.1) is 0 Å². The van der Waals surface area contributed by atoms with Crippen LogP contribution in [0.25, 0.3) is 0 Å². The van der Waals surface area contributed by atoms with Crippen LogP contribution in [-0.2, 0) is 6.54 Å². The van der Waals surface area contributed by atoms with Crippen molar-refractivity contribution in [3.05, 3.63) is 29.3 Å². The number of likely N-dealkylation sites (tertiary alicyclic amines) is 1. The average Bonchev–Trinajstić information content (AvgIpc) is 2.71. The summed E-state index contributed by atoms with van der Waals surface area (Å²) < 4.78 is 5.73. The second kappa shape index (κ2) is 6.15. The van der Waals surface area contributed by atoms with Crippen molar-refractivity contribution >= 4 is 0 Å². The highest BCUT2D eigenvalue weighted by Crippen LogP contribution is 2.32. The molecule has 3 nitrogen and oxygen atoms in total. The van der Waals surface area contributed by atoms with Gasteiger partial charge >= 0.3 is 0 Å². The van der Waals surface area contributed by atoms with Crippen LogP contribution in [0.15, 0.2) is 18.2 Å². The Balaban J connectivity index is 2.17. The lowest BCUT2D eigenvalue weighted by Crippen LogP contribution is -2.23. The minimum atomic E-state index is -0.431. The Morgan fingerprint density at radius 2 is 2.15 bits per heavy atom. The summed E-state index contributed by atoms with van der Waals surface area (Å²) in [5.74, 6) is 0.946. The molecule has 0 aromatic heterocycles. The zero-order valence-electron chi connectivity index (χ0n) is 13.1. The van der Waals surface area contributed by atoms with Crippen molar-refractivity contribution in [1.29, 1.82) is 0 Å². The van der Waals surface area contributed by atoms with E-state index < -0.39 is 6.10 Å². The van der Waals surface area contributed by atoms with Crippen molar-refractivity contribution in [2.45, 2.75) is 46.8 Å². The largest absolute Gasteiger partial charge is 0.494 e. The van der Waals surface area contributed by atoms with Gasteiger partial charge in [0.1, 0.15) is 5.75 Å². The predicted octanol–water partition coefficient (Wildman–Crippen LogP) is 3.37. The molecular weight excluding hydrogens is 250 g/mol. The summed E-state index contributed by atoms with van der Waals surface area (Å²) >= 11 is 0. The molecule has 1 N–H and O–H groups in total. The minimum absolute atomic E-state index is 0.410. The number of rotatable bonds is 5. The van der Waals surface area contributed by atoms with Crippen molar-refractivity contribution < 1.29 is 9.84 Å². The zero-order chi connectivity index (χ0) is 14.8. The molecule has 1 unspecified atom stereocenters. The van der Waals surface area contributed by atoms with Gasteiger partial charge in [-0.1, -0.05) is 19.9 Å². The molecule has 1 saturated heterocycles. The molecule has 0 amide bonds. The average molecular weight is 277 g/mol. The lowest BCUT2D eigenvalue weighted by molar-refractivity contribution is 0.198. The van der Waals surface area contributed by atoms with Crippen LogP contribution in [0, 0.1) is 5.41 Å². The summed E-state index contributed by atoms with van der Waals surface area (Å²) in [6.07, 6.45) is 0.812. The fourth-order valence-corrected chi connectivity index (χ4v) is 2.88. The van der Waals surface area contributed by atoms with Gasteiger partial charge in [0, 0.05) is 18.7 Å². The van der Waals surface area contributed by atoms with E-state index in [1.807, 2.05) is 19.1 Å². The first-order valence-electron chi connectivity index (χ1n) is 7.57. The van der Waals surface area contributed by atoms with Crippen molar-refractivity contribution in [1.82, 2.24) is 4.90 Å². The van der Waals surface area contributed by atoms with Gasteiger partial charge in [0.2, 0.25) is 0 Å². The van der Waals surface area contributed by atoms with Gasteiger partial charge in [-0.2, -0.15) is 0 Å². The van der Waals surface area contributed by atoms with E-state index in [1.165, 1.54) is 12.0 Å². The number of aliphatic hydroxyl groups excluding tert-OH is 1. The van der Waals surface area contributed by atoms with Crippen LogP contribution in [0.5, 0.6) is 5.75 Å². The van der Waals surface area contributed by atoms with Gasteiger partial charge in [0.25, 0.3) is 0 Å². The van der Waals surface area contributed by atoms with E-state index in [0.29, 0.717) is 12.0 Å². The molecule has 1 aliphatic rings. The molecule has 1 fully saturated rings. The number of nitrogens with zero attached hydrogens (tertiary/aromatic N) is 1. The Morgan fingerprint density at radius 1 is 1.40 bits per heavy atom. The molecule has 1 aliphatic heterocycles. The molecule has 0 radical (unpaired) electrons. The van der Waals surface area contributed by atoms with E-state index in [0.717, 1.165) is 30.9 Å². The molecule has 1 heterocycles. The Hall–Kier alpha value is -1.06. The predicted molar refractivity (Wildman–Crippen MR) is 81.9 cm³/mol. The molecule has 0 spiro atoms. The molecule has 0 saturated carbocycles. The van der Waals surface area contributed by atoms with Gasteiger partial charge in [-0.05, 0) is 49.9 Å². The SMILES string of the molecule is CCOc1ccc(C(C)O)cc1CN1CCC(C)(C)C1. The number of aliphatic hydroxyl groups is 1. The third-order valence-corrected chi connectivity index (χ3v) is 4.02. The van der Waals surface area contributed by atoms with E-state index in [4.69, 9.17) is 4.74 Å². The first-order valence-corrected chi connectivity index (χ1v) is 7.57. The molecule has 3 heteroatoms. The zero-order valence-corrected chi connectivity index (χ0v) is 13.1. The van der Waals surface area contributed by atoms with Gasteiger partial charge in [0.05, 0.1) is 12.7 Å². The highest BCUT2D eigenvalue weighted by Gasteiger charge is 2.29. The van der Waals surface area contributed by atoms with Crippen molar-refractivity contribution in [2.24, 2.45) is 5.41 Å². The van der Waals surface area contributed by atoms with Crippen LogP contribution < -0.4 is 4.74 Å². The summed E-state index contributed by atoms with van der Waals surface area (Å²) in [6.45, 7) is 12.3. The van der Waals surface area contributed by atoms with Crippen LogP contribution in [0.3, 0.4) is 0 Å². The molecule has 20 heavy (non-hydrogen) atoms. The highest BCUT2D eigenvalue weighted by molar-refractivity contribution is 5.38. The molecule has 0 bridgehead atoms. The smallest absolute Gasteiger partial charge is 0.123 e. The maximum atomic E-state index is 9.76. The third kappa shape index (κ3) is 3.74. The molecule has 1 aromatic rings. The maximum Gasteiger partial charge on any atom is 0.123 e. The summed E-state index contributed by atoms with van der Waals surface area (Å²) in [7, 11) is 0. The van der Waals surface area contributed by atoms with E-state index >= 15 is 0 Å². The van der Waals surface area contributed by atoms with E-state index in [2.05, 4.69) is 24.8 Å². The third-order valence-electron chi connectivity index (χ3n) is 4.02. The van der Waals surface area contributed by atoms with E-state index in [1.54, 1.807) is 6.92 Å². The molecular formula is C17H27NO2. The molecule has 1 atom stereocenters. The maximum absolute atomic E-state index is 9.76. The summed E-state index contributed by atoms with van der Waals surface area (Å²) in [6, 6.07) is 6.02. The monoisotopic (exact) mass is 277 g/mol. The van der Waals surface area contributed by atoms with E-state index in [9.17, 15) is 5.11 Å².